The number of carbonyl (C=O) groups is 1. The number of hydrogen-bond donors (Lipinski definition) is 3. The zero-order valence-electron chi connectivity index (χ0n) is 16.5. The van der Waals surface area contributed by atoms with Gasteiger partial charge in [-0.15, -0.1) is 0 Å². The first-order valence-corrected chi connectivity index (χ1v) is 10.1. The van der Waals surface area contributed by atoms with Gasteiger partial charge in [-0.05, 0) is 24.5 Å². The molecule has 1 aromatic carbocycles. The van der Waals surface area contributed by atoms with Gasteiger partial charge in [-0.1, -0.05) is 6.07 Å². The van der Waals surface area contributed by atoms with Crippen molar-refractivity contribution in [3.63, 3.8) is 0 Å². The van der Waals surface area contributed by atoms with Crippen LogP contribution in [0, 0.1) is 13.3 Å². The number of phenolic OH excluding ortho intramolecular Hbond substituents is 1. The van der Waals surface area contributed by atoms with Gasteiger partial charge in [-0.3, -0.25) is 4.79 Å². The molecule has 2 aliphatic heterocycles. The fraction of sp³-hybridized carbons (Fsp3) is 0.636. The topological polar surface area (TPSA) is 87.0 Å². The second-order valence-electron chi connectivity index (χ2n) is 9.76. The summed E-state index contributed by atoms with van der Waals surface area (Å²) in [5.74, 6) is 0.715. The van der Waals surface area contributed by atoms with E-state index < -0.39 is 23.2 Å². The Hall–Kier alpha value is -1.63. The van der Waals surface area contributed by atoms with E-state index >= 15 is 0 Å². The molecule has 1 aromatic rings. The van der Waals surface area contributed by atoms with Gasteiger partial charge in [0.2, 0.25) is 5.78 Å². The van der Waals surface area contributed by atoms with Crippen molar-refractivity contribution in [1.82, 2.24) is 0 Å². The SMILES string of the molecule is C[N@+]1(CC2CC2)CC[C@]23c4c5ccc(O)c4O[C@H]2C(=O)C(O)C[C@@]3(O)[C@H]1C5.[CH3-]. The van der Waals surface area contributed by atoms with Gasteiger partial charge in [0.1, 0.15) is 17.7 Å². The summed E-state index contributed by atoms with van der Waals surface area (Å²) in [6.07, 6.45) is 1.75. The lowest BCUT2D eigenvalue weighted by Crippen LogP contribution is -2.82. The fourth-order valence-corrected chi connectivity index (χ4v) is 6.95. The van der Waals surface area contributed by atoms with Crippen LogP contribution in [0.25, 0.3) is 0 Å². The lowest BCUT2D eigenvalue weighted by Gasteiger charge is -2.64. The Labute approximate surface area is 165 Å². The third-order valence-electron chi connectivity index (χ3n) is 8.32. The van der Waals surface area contributed by atoms with Gasteiger partial charge in [0.25, 0.3) is 0 Å². The van der Waals surface area contributed by atoms with E-state index in [0.717, 1.165) is 34.6 Å². The van der Waals surface area contributed by atoms with Crippen LogP contribution in [-0.2, 0) is 16.6 Å². The first-order chi connectivity index (χ1) is 12.8. The lowest BCUT2D eigenvalue weighted by atomic mass is 9.48. The summed E-state index contributed by atoms with van der Waals surface area (Å²) in [4.78, 5) is 12.9. The van der Waals surface area contributed by atoms with E-state index in [-0.39, 0.29) is 31.4 Å². The molecule has 2 bridgehead atoms. The van der Waals surface area contributed by atoms with Crippen molar-refractivity contribution in [3.8, 4) is 11.5 Å². The average Bonchev–Trinajstić information content (AvgIpc) is 3.34. The average molecular weight is 387 g/mol. The van der Waals surface area contributed by atoms with Crippen molar-refractivity contribution < 1.29 is 29.3 Å². The molecule has 0 aromatic heterocycles. The number of ketones is 1. The normalized spacial score (nSPS) is 45.1. The molecule has 0 radical (unpaired) electrons. The van der Waals surface area contributed by atoms with E-state index in [1.54, 1.807) is 6.07 Å². The van der Waals surface area contributed by atoms with Crippen molar-refractivity contribution in [2.45, 2.75) is 61.4 Å². The molecular formula is C22H29NO5. The van der Waals surface area contributed by atoms with E-state index in [1.807, 2.05) is 6.07 Å². The predicted octanol–water partition coefficient (Wildman–Crippen LogP) is 1.09. The van der Waals surface area contributed by atoms with Crippen LogP contribution in [0.15, 0.2) is 12.1 Å². The highest BCUT2D eigenvalue weighted by Gasteiger charge is 2.78. The quantitative estimate of drug-likeness (QED) is 0.522. The number of Topliss-reactive ketones (excluding diaryl/α,β-unsaturated/α-hetero) is 1. The molecule has 2 saturated carbocycles. The number of carbonyl (C=O) groups excluding carboxylic acids is 1. The molecule has 1 spiro atoms. The molecule has 1 unspecified atom stereocenters. The lowest BCUT2D eigenvalue weighted by molar-refractivity contribution is -0.950. The Morgan fingerprint density at radius 3 is 2.79 bits per heavy atom. The Morgan fingerprint density at radius 1 is 1.32 bits per heavy atom. The molecule has 152 valence electrons. The van der Waals surface area contributed by atoms with Gasteiger partial charge in [0.05, 0.1) is 25.6 Å². The zero-order valence-corrected chi connectivity index (χ0v) is 16.5. The minimum absolute atomic E-state index is 0. The summed E-state index contributed by atoms with van der Waals surface area (Å²) in [7, 11) is 2.23. The zero-order chi connectivity index (χ0) is 18.8. The summed E-state index contributed by atoms with van der Waals surface area (Å²) >= 11 is 0. The molecule has 3 N–H and O–H groups in total. The van der Waals surface area contributed by atoms with Crippen LogP contribution >= 0.6 is 0 Å². The van der Waals surface area contributed by atoms with E-state index in [2.05, 4.69) is 7.05 Å². The molecule has 3 aliphatic carbocycles. The third-order valence-corrected chi connectivity index (χ3v) is 8.32. The number of ether oxygens (including phenoxy) is 1. The number of quaternary nitrogens is 1. The number of likely N-dealkylation sites (N-methyl/N-ethyl adjacent to an activating group) is 1. The van der Waals surface area contributed by atoms with Crippen molar-refractivity contribution >= 4 is 5.78 Å². The highest BCUT2D eigenvalue weighted by Crippen LogP contribution is 2.65. The van der Waals surface area contributed by atoms with Crippen LogP contribution in [0.2, 0.25) is 0 Å². The first-order valence-electron chi connectivity index (χ1n) is 10.1. The van der Waals surface area contributed by atoms with Gasteiger partial charge in [0.15, 0.2) is 17.6 Å². The molecule has 2 heterocycles. The first kappa shape index (κ1) is 18.4. The second kappa shape index (κ2) is 5.29. The molecule has 28 heavy (non-hydrogen) atoms. The van der Waals surface area contributed by atoms with E-state index in [9.17, 15) is 20.1 Å². The van der Waals surface area contributed by atoms with Crippen LogP contribution < -0.4 is 4.74 Å². The highest BCUT2D eigenvalue weighted by atomic mass is 16.5. The molecule has 5 aliphatic rings. The molecule has 0 amide bonds. The number of aliphatic hydroxyl groups is 2. The largest absolute Gasteiger partial charge is 0.504 e. The molecule has 3 fully saturated rings. The molecule has 6 rings (SSSR count). The Balaban J connectivity index is 0.00000171. The molecule has 6 heteroatoms. The highest BCUT2D eigenvalue weighted by molar-refractivity contribution is 5.93. The van der Waals surface area contributed by atoms with Gasteiger partial charge in [-0.25, -0.2) is 0 Å². The fourth-order valence-electron chi connectivity index (χ4n) is 6.95. The number of benzene rings is 1. The Kier molecular flexibility index (Phi) is 3.48. The monoisotopic (exact) mass is 387 g/mol. The van der Waals surface area contributed by atoms with Gasteiger partial charge < -0.3 is 32.0 Å². The number of likely N-dealkylation sites (tertiary alicyclic amines) is 1. The Bertz CT molecular complexity index is 882. The van der Waals surface area contributed by atoms with E-state index in [4.69, 9.17) is 4.74 Å². The van der Waals surface area contributed by atoms with Crippen LogP contribution in [0.4, 0.5) is 0 Å². The standard InChI is InChI=1S/C21H25NO5.CH3/c1-22(10-11-2-3-11)7-6-20-16-12-4-5-13(23)18(16)27-19(20)17(25)14(24)9-21(20,26)15(22)8-12;/h4-5,11,14-15,19,24,26H,2-3,6-10H2,1H3;1H3/q;-1/p+1/t14?,15-,19+,20+,21-,22-;/m1./s1. The summed E-state index contributed by atoms with van der Waals surface area (Å²) < 4.78 is 6.78. The molecule has 1 saturated heterocycles. The Morgan fingerprint density at radius 2 is 2.07 bits per heavy atom. The van der Waals surface area contributed by atoms with Crippen molar-refractivity contribution in [3.05, 3.63) is 30.7 Å². The molecule has 6 nitrogen and oxygen atoms in total. The third kappa shape index (κ3) is 1.87. The summed E-state index contributed by atoms with van der Waals surface area (Å²) in [5, 5.41) is 33.1. The van der Waals surface area contributed by atoms with Crippen molar-refractivity contribution in [1.29, 1.82) is 0 Å². The number of aliphatic hydroxyl groups excluding tert-OH is 1. The van der Waals surface area contributed by atoms with Crippen LogP contribution in [0.3, 0.4) is 0 Å². The number of hydrogen-bond acceptors (Lipinski definition) is 5. The number of rotatable bonds is 2. The van der Waals surface area contributed by atoms with Crippen molar-refractivity contribution in [2.75, 3.05) is 20.1 Å². The number of piperidine rings is 1. The van der Waals surface area contributed by atoms with Gasteiger partial charge in [0, 0.05) is 30.7 Å². The van der Waals surface area contributed by atoms with Gasteiger partial charge >= 0.3 is 0 Å². The number of aromatic hydroxyl groups is 1. The van der Waals surface area contributed by atoms with Crippen LogP contribution in [-0.4, -0.2) is 69.6 Å². The van der Waals surface area contributed by atoms with Gasteiger partial charge in [-0.2, -0.15) is 0 Å². The predicted molar refractivity (Wildman–Crippen MR) is 102 cm³/mol. The second-order valence-corrected chi connectivity index (χ2v) is 9.76. The minimum Gasteiger partial charge on any atom is -0.504 e. The summed E-state index contributed by atoms with van der Waals surface area (Å²) in [6, 6.07) is 3.48. The molecule has 6 atom stereocenters. The maximum atomic E-state index is 12.9. The van der Waals surface area contributed by atoms with E-state index in [0.29, 0.717) is 18.6 Å². The number of phenols is 1. The van der Waals surface area contributed by atoms with Crippen molar-refractivity contribution in [2.24, 2.45) is 5.92 Å². The maximum absolute atomic E-state index is 12.9. The summed E-state index contributed by atoms with van der Waals surface area (Å²) in [6.45, 7) is 1.92. The smallest absolute Gasteiger partial charge is 0.202 e. The maximum Gasteiger partial charge on any atom is 0.202 e. The minimum atomic E-state index is -1.22. The molecular weight excluding hydrogens is 358 g/mol. The van der Waals surface area contributed by atoms with Crippen LogP contribution in [0.5, 0.6) is 11.5 Å². The number of nitrogens with zero attached hydrogens (tertiary/aromatic N) is 1. The van der Waals surface area contributed by atoms with E-state index in [1.165, 1.54) is 12.8 Å². The summed E-state index contributed by atoms with van der Waals surface area (Å²) in [5.41, 5.74) is -0.163. The van der Waals surface area contributed by atoms with Crippen LogP contribution in [0.1, 0.15) is 36.8 Å².